The fourth-order valence-corrected chi connectivity index (χ4v) is 3.91. The van der Waals surface area contributed by atoms with Crippen molar-refractivity contribution >= 4 is 40.0 Å². The minimum atomic E-state index is -0.508. The summed E-state index contributed by atoms with van der Waals surface area (Å²) in [5.41, 5.74) is 3.86. The smallest absolute Gasteiger partial charge is 0.408 e. The Kier molecular flexibility index (Phi) is 5.34. The zero-order chi connectivity index (χ0) is 20.5. The molecular weight excluding hydrogens is 392 g/mol. The number of rotatable bonds is 4. The number of nitrogens with zero attached hydrogens (tertiary/aromatic N) is 2. The first-order valence-electron chi connectivity index (χ1n) is 9.57. The quantitative estimate of drug-likeness (QED) is 0.685. The van der Waals surface area contributed by atoms with Gasteiger partial charge in [0.05, 0.1) is 12.1 Å². The number of aromatic amines is 1. The van der Waals surface area contributed by atoms with Gasteiger partial charge in [-0.3, -0.25) is 14.7 Å². The molecule has 1 amide bonds. The van der Waals surface area contributed by atoms with Crippen LogP contribution in [0.5, 0.6) is 0 Å². The van der Waals surface area contributed by atoms with Gasteiger partial charge in [-0.2, -0.15) is 0 Å². The third-order valence-corrected chi connectivity index (χ3v) is 5.68. The summed E-state index contributed by atoms with van der Waals surface area (Å²) < 4.78 is 5.04. The fourth-order valence-electron chi connectivity index (χ4n) is 3.79. The molecule has 4 rings (SSSR count). The van der Waals surface area contributed by atoms with E-state index in [-0.39, 0.29) is 11.9 Å². The Labute approximate surface area is 173 Å². The number of carbonyl (C=O) groups excluding carboxylic acids is 1. The largest absolute Gasteiger partial charge is 0.417 e. The van der Waals surface area contributed by atoms with E-state index in [4.69, 9.17) is 16.0 Å². The molecule has 1 fully saturated rings. The maximum atomic E-state index is 12.5. The topological polar surface area (TPSA) is 81.6 Å². The molecular formula is C21H23ClN4O3. The van der Waals surface area contributed by atoms with E-state index in [1.807, 2.05) is 19.1 Å². The van der Waals surface area contributed by atoms with Gasteiger partial charge in [-0.1, -0.05) is 11.6 Å². The fraction of sp³-hybridized carbons (Fsp3) is 0.333. The van der Waals surface area contributed by atoms with Crippen molar-refractivity contribution in [3.8, 4) is 0 Å². The molecule has 1 saturated heterocycles. The van der Waals surface area contributed by atoms with Gasteiger partial charge < -0.3 is 14.6 Å². The molecule has 3 aromatic rings. The second-order valence-corrected chi connectivity index (χ2v) is 7.89. The monoisotopic (exact) mass is 414 g/mol. The number of aromatic nitrogens is 1. The van der Waals surface area contributed by atoms with Gasteiger partial charge in [0.1, 0.15) is 0 Å². The number of benzene rings is 2. The standard InChI is InChI=1S/C21H23ClN4O3/c1-13-9-16(4-5-17(13)22)26-8-7-25(11-14(26)2)12-20(27)23-15-3-6-18-19(10-15)29-21(28)24-18/h3-6,9-10,14H,7-8,11-12H2,1-2H3,(H,23,27)(H,24,28)/t14-/m1/s1. The molecule has 0 unspecified atom stereocenters. The van der Waals surface area contributed by atoms with E-state index in [9.17, 15) is 9.59 Å². The minimum Gasteiger partial charge on any atom is -0.408 e. The lowest BCUT2D eigenvalue weighted by atomic mass is 10.1. The number of fused-ring (bicyclic) bond motifs is 1. The van der Waals surface area contributed by atoms with Crippen LogP contribution in [-0.4, -0.2) is 48.0 Å². The van der Waals surface area contributed by atoms with E-state index in [0.717, 1.165) is 35.9 Å². The lowest BCUT2D eigenvalue weighted by Gasteiger charge is -2.41. The van der Waals surface area contributed by atoms with E-state index in [1.54, 1.807) is 18.2 Å². The third-order valence-electron chi connectivity index (χ3n) is 5.26. The van der Waals surface area contributed by atoms with E-state index in [2.05, 4.69) is 33.1 Å². The Morgan fingerprint density at radius 3 is 2.86 bits per heavy atom. The van der Waals surface area contributed by atoms with Crippen LogP contribution in [0.4, 0.5) is 11.4 Å². The predicted molar refractivity (Wildman–Crippen MR) is 115 cm³/mol. The number of halogens is 1. The number of amides is 1. The predicted octanol–water partition coefficient (Wildman–Crippen LogP) is 3.23. The van der Waals surface area contributed by atoms with Crippen molar-refractivity contribution in [1.82, 2.24) is 9.88 Å². The molecule has 0 spiro atoms. The highest BCUT2D eigenvalue weighted by Gasteiger charge is 2.25. The molecule has 7 nitrogen and oxygen atoms in total. The first-order chi connectivity index (χ1) is 13.9. The Morgan fingerprint density at radius 1 is 1.28 bits per heavy atom. The van der Waals surface area contributed by atoms with Crippen LogP contribution in [-0.2, 0) is 4.79 Å². The highest BCUT2D eigenvalue weighted by atomic mass is 35.5. The summed E-state index contributed by atoms with van der Waals surface area (Å²) in [5.74, 6) is -0.601. The molecule has 1 aliphatic rings. The van der Waals surface area contributed by atoms with Crippen molar-refractivity contribution < 1.29 is 9.21 Å². The van der Waals surface area contributed by atoms with Gasteiger partial charge >= 0.3 is 5.76 Å². The summed E-state index contributed by atoms with van der Waals surface area (Å²) in [6, 6.07) is 11.5. The van der Waals surface area contributed by atoms with Crippen molar-refractivity contribution in [3.63, 3.8) is 0 Å². The Bertz CT molecular complexity index is 1110. The van der Waals surface area contributed by atoms with Crippen molar-refractivity contribution in [2.75, 3.05) is 36.4 Å². The second-order valence-electron chi connectivity index (χ2n) is 7.48. The zero-order valence-electron chi connectivity index (χ0n) is 16.4. The molecule has 0 aliphatic carbocycles. The van der Waals surface area contributed by atoms with Crippen molar-refractivity contribution in [2.45, 2.75) is 19.9 Å². The molecule has 8 heteroatoms. The zero-order valence-corrected chi connectivity index (χ0v) is 17.1. The number of hydrogen-bond donors (Lipinski definition) is 2. The lowest BCUT2D eigenvalue weighted by molar-refractivity contribution is -0.117. The number of piperazine rings is 1. The summed E-state index contributed by atoms with van der Waals surface area (Å²) >= 11 is 6.14. The van der Waals surface area contributed by atoms with Crippen LogP contribution < -0.4 is 16.0 Å². The number of nitrogens with one attached hydrogen (secondary N) is 2. The van der Waals surface area contributed by atoms with Crippen LogP contribution in [0.25, 0.3) is 11.1 Å². The van der Waals surface area contributed by atoms with Crippen molar-refractivity contribution in [2.24, 2.45) is 0 Å². The highest BCUT2D eigenvalue weighted by molar-refractivity contribution is 6.31. The van der Waals surface area contributed by atoms with E-state index in [0.29, 0.717) is 23.3 Å². The molecule has 1 aromatic heterocycles. The molecule has 2 aromatic carbocycles. The second kappa shape index (κ2) is 7.93. The van der Waals surface area contributed by atoms with Crippen LogP contribution in [0.15, 0.2) is 45.6 Å². The number of oxazole rings is 1. The number of anilines is 2. The van der Waals surface area contributed by atoms with E-state index in [1.165, 1.54) is 0 Å². The van der Waals surface area contributed by atoms with Gasteiger partial charge in [0.2, 0.25) is 5.91 Å². The van der Waals surface area contributed by atoms with Gasteiger partial charge in [0, 0.05) is 48.1 Å². The average molecular weight is 415 g/mol. The maximum absolute atomic E-state index is 12.5. The van der Waals surface area contributed by atoms with Crippen molar-refractivity contribution in [1.29, 1.82) is 0 Å². The number of carbonyl (C=O) groups is 1. The number of H-pyrrole nitrogens is 1. The van der Waals surface area contributed by atoms with Crippen LogP contribution in [0.3, 0.4) is 0 Å². The van der Waals surface area contributed by atoms with Crippen molar-refractivity contribution in [3.05, 3.63) is 57.5 Å². The highest BCUT2D eigenvalue weighted by Crippen LogP contribution is 2.25. The van der Waals surface area contributed by atoms with E-state index >= 15 is 0 Å². The van der Waals surface area contributed by atoms with Gasteiger partial charge in [-0.25, -0.2) is 4.79 Å². The molecule has 2 heterocycles. The molecule has 0 saturated carbocycles. The average Bonchev–Trinajstić information content (AvgIpc) is 3.03. The molecule has 1 aliphatic heterocycles. The summed E-state index contributed by atoms with van der Waals surface area (Å²) in [5, 5.41) is 3.65. The first kappa shape index (κ1) is 19.5. The summed E-state index contributed by atoms with van der Waals surface area (Å²) in [4.78, 5) is 30.8. The van der Waals surface area contributed by atoms with E-state index < -0.39 is 5.76 Å². The van der Waals surface area contributed by atoms with Crippen LogP contribution in [0.2, 0.25) is 5.02 Å². The normalized spacial score (nSPS) is 17.6. The molecule has 152 valence electrons. The molecule has 29 heavy (non-hydrogen) atoms. The maximum Gasteiger partial charge on any atom is 0.417 e. The van der Waals surface area contributed by atoms with Crippen LogP contribution >= 0.6 is 11.6 Å². The lowest BCUT2D eigenvalue weighted by Crippen LogP contribution is -2.53. The molecule has 0 radical (unpaired) electrons. The van der Waals surface area contributed by atoms with Gasteiger partial charge in [0.15, 0.2) is 5.58 Å². The summed E-state index contributed by atoms with van der Waals surface area (Å²) in [6.45, 7) is 6.91. The van der Waals surface area contributed by atoms with Crippen LogP contribution in [0.1, 0.15) is 12.5 Å². The van der Waals surface area contributed by atoms with Crippen LogP contribution in [0, 0.1) is 6.92 Å². The summed E-state index contributed by atoms with van der Waals surface area (Å²) in [7, 11) is 0. The Hall–Kier alpha value is -2.77. The summed E-state index contributed by atoms with van der Waals surface area (Å²) in [6.07, 6.45) is 0. The molecule has 0 bridgehead atoms. The SMILES string of the molecule is Cc1cc(N2CCN(CC(=O)Nc3ccc4[nH]c(=O)oc4c3)C[C@H]2C)ccc1Cl. The Balaban J connectivity index is 1.35. The number of hydrogen-bond acceptors (Lipinski definition) is 5. The Morgan fingerprint density at radius 2 is 2.10 bits per heavy atom. The van der Waals surface area contributed by atoms with Gasteiger partial charge in [-0.05, 0) is 49.7 Å². The first-order valence-corrected chi connectivity index (χ1v) is 9.95. The molecule has 1 atom stereocenters. The van der Waals surface area contributed by atoms with Gasteiger partial charge in [0.25, 0.3) is 0 Å². The minimum absolute atomic E-state index is 0.0924. The van der Waals surface area contributed by atoms with Gasteiger partial charge in [-0.15, -0.1) is 0 Å². The third kappa shape index (κ3) is 4.31. The molecule has 2 N–H and O–H groups in total. The number of aryl methyl sites for hydroxylation is 1.